The molecule has 0 bridgehead atoms. The van der Waals surface area contributed by atoms with Crippen LogP contribution in [0.3, 0.4) is 0 Å². The molecule has 3 rings (SSSR count). The highest BCUT2D eigenvalue weighted by molar-refractivity contribution is 6.03. The Kier molecular flexibility index (Phi) is 6.86. The van der Waals surface area contributed by atoms with Crippen molar-refractivity contribution < 1.29 is 19.1 Å². The molecule has 2 aliphatic rings. The van der Waals surface area contributed by atoms with Gasteiger partial charge in [-0.15, -0.1) is 0 Å². The monoisotopic (exact) mass is 388 g/mol. The number of ether oxygens (including phenoxy) is 1. The SMILES string of the molecule is CCOC(=O)N1CCN(CCC(=O)Nc2ccccc2C(=O)NC2CC2)CC1. The van der Waals surface area contributed by atoms with Gasteiger partial charge in [0.25, 0.3) is 5.91 Å². The molecule has 1 aliphatic heterocycles. The Hall–Kier alpha value is -2.61. The fraction of sp³-hybridized carbons (Fsp3) is 0.550. The van der Waals surface area contributed by atoms with E-state index in [0.717, 1.165) is 12.8 Å². The number of hydrogen-bond donors (Lipinski definition) is 2. The number of rotatable bonds is 7. The van der Waals surface area contributed by atoms with Gasteiger partial charge in [0, 0.05) is 45.2 Å². The molecule has 0 radical (unpaired) electrons. The Bertz CT molecular complexity index is 712. The van der Waals surface area contributed by atoms with E-state index in [0.29, 0.717) is 57.0 Å². The normalized spacial score (nSPS) is 17.1. The first-order valence-corrected chi connectivity index (χ1v) is 9.90. The fourth-order valence-corrected chi connectivity index (χ4v) is 3.12. The number of carbonyl (C=O) groups is 3. The van der Waals surface area contributed by atoms with E-state index in [1.54, 1.807) is 36.1 Å². The highest BCUT2D eigenvalue weighted by Gasteiger charge is 2.25. The number of para-hydroxylation sites is 1. The van der Waals surface area contributed by atoms with Crippen LogP contribution >= 0.6 is 0 Å². The van der Waals surface area contributed by atoms with E-state index >= 15 is 0 Å². The van der Waals surface area contributed by atoms with E-state index < -0.39 is 0 Å². The molecule has 1 aliphatic carbocycles. The predicted molar refractivity (Wildman–Crippen MR) is 105 cm³/mol. The van der Waals surface area contributed by atoms with Crippen LogP contribution in [-0.2, 0) is 9.53 Å². The largest absolute Gasteiger partial charge is 0.450 e. The van der Waals surface area contributed by atoms with Crippen LogP contribution < -0.4 is 10.6 Å². The molecule has 1 aromatic carbocycles. The minimum atomic E-state index is -0.277. The molecule has 1 saturated carbocycles. The Balaban J connectivity index is 1.44. The fourth-order valence-electron chi connectivity index (χ4n) is 3.12. The Labute approximate surface area is 165 Å². The minimum absolute atomic E-state index is 0.125. The van der Waals surface area contributed by atoms with Crippen molar-refractivity contribution in [2.75, 3.05) is 44.6 Å². The zero-order valence-electron chi connectivity index (χ0n) is 16.3. The van der Waals surface area contributed by atoms with Crippen molar-refractivity contribution in [1.82, 2.24) is 15.1 Å². The topological polar surface area (TPSA) is 91.0 Å². The molecule has 2 fully saturated rings. The van der Waals surface area contributed by atoms with Gasteiger partial charge in [-0.25, -0.2) is 4.79 Å². The van der Waals surface area contributed by atoms with E-state index in [1.165, 1.54) is 0 Å². The Morgan fingerprint density at radius 1 is 1.11 bits per heavy atom. The zero-order valence-corrected chi connectivity index (χ0v) is 16.3. The van der Waals surface area contributed by atoms with Crippen LogP contribution in [-0.4, -0.2) is 73.1 Å². The minimum Gasteiger partial charge on any atom is -0.450 e. The third-order valence-corrected chi connectivity index (χ3v) is 4.91. The highest BCUT2D eigenvalue weighted by Crippen LogP contribution is 2.21. The molecule has 1 saturated heterocycles. The molecule has 152 valence electrons. The van der Waals surface area contributed by atoms with Crippen LogP contribution in [0, 0.1) is 0 Å². The summed E-state index contributed by atoms with van der Waals surface area (Å²) in [6.07, 6.45) is 2.09. The lowest BCUT2D eigenvalue weighted by Gasteiger charge is -2.33. The molecule has 1 heterocycles. The lowest BCUT2D eigenvalue weighted by atomic mass is 10.1. The van der Waals surface area contributed by atoms with E-state index in [-0.39, 0.29) is 23.9 Å². The standard InChI is InChI=1S/C20H28N4O4/c1-2-28-20(27)24-13-11-23(12-14-24)10-9-18(25)22-17-6-4-3-5-16(17)19(26)21-15-7-8-15/h3-6,15H,2,7-14H2,1H3,(H,21,26)(H,22,25). The maximum atomic E-state index is 12.4. The maximum absolute atomic E-state index is 12.4. The van der Waals surface area contributed by atoms with Crippen molar-refractivity contribution in [2.24, 2.45) is 0 Å². The molecule has 1 aromatic rings. The summed E-state index contributed by atoms with van der Waals surface area (Å²) in [6, 6.07) is 7.34. The first-order chi connectivity index (χ1) is 13.6. The number of carbonyl (C=O) groups excluding carboxylic acids is 3. The molecule has 8 nitrogen and oxygen atoms in total. The summed E-state index contributed by atoms with van der Waals surface area (Å²) in [4.78, 5) is 40.3. The molecular formula is C20H28N4O4. The van der Waals surface area contributed by atoms with Crippen molar-refractivity contribution in [3.63, 3.8) is 0 Å². The Morgan fingerprint density at radius 3 is 2.50 bits per heavy atom. The molecule has 2 N–H and O–H groups in total. The van der Waals surface area contributed by atoms with Crippen molar-refractivity contribution in [2.45, 2.75) is 32.2 Å². The van der Waals surface area contributed by atoms with Crippen LogP contribution in [0.5, 0.6) is 0 Å². The second kappa shape index (κ2) is 9.54. The van der Waals surface area contributed by atoms with E-state index in [4.69, 9.17) is 4.74 Å². The molecule has 28 heavy (non-hydrogen) atoms. The molecule has 0 aromatic heterocycles. The summed E-state index contributed by atoms with van der Waals surface area (Å²) in [7, 11) is 0. The first kappa shape index (κ1) is 20.1. The number of amides is 3. The van der Waals surface area contributed by atoms with Crippen LogP contribution in [0.1, 0.15) is 36.5 Å². The lowest BCUT2D eigenvalue weighted by Crippen LogP contribution is -2.49. The van der Waals surface area contributed by atoms with Gasteiger partial charge >= 0.3 is 6.09 Å². The van der Waals surface area contributed by atoms with Crippen molar-refractivity contribution in [3.05, 3.63) is 29.8 Å². The summed E-state index contributed by atoms with van der Waals surface area (Å²) >= 11 is 0. The van der Waals surface area contributed by atoms with E-state index in [9.17, 15) is 14.4 Å². The molecule has 0 unspecified atom stereocenters. The lowest BCUT2D eigenvalue weighted by molar-refractivity contribution is -0.116. The van der Waals surface area contributed by atoms with E-state index in [2.05, 4.69) is 15.5 Å². The predicted octanol–water partition coefficient (Wildman–Crippen LogP) is 1.68. The zero-order chi connectivity index (χ0) is 19.9. The first-order valence-electron chi connectivity index (χ1n) is 9.90. The van der Waals surface area contributed by atoms with Gasteiger partial charge in [-0.2, -0.15) is 0 Å². The summed E-state index contributed by atoms with van der Waals surface area (Å²) in [5, 5.41) is 5.81. The number of benzene rings is 1. The average Bonchev–Trinajstić information content (AvgIpc) is 3.51. The third kappa shape index (κ3) is 5.69. The quantitative estimate of drug-likeness (QED) is 0.742. The summed E-state index contributed by atoms with van der Waals surface area (Å²) in [6.45, 7) is 5.41. The summed E-state index contributed by atoms with van der Waals surface area (Å²) in [5.41, 5.74) is 1.03. The van der Waals surface area contributed by atoms with Gasteiger partial charge in [0.1, 0.15) is 0 Å². The van der Waals surface area contributed by atoms with Crippen molar-refractivity contribution in [3.8, 4) is 0 Å². The molecule has 0 spiro atoms. The maximum Gasteiger partial charge on any atom is 0.409 e. The van der Waals surface area contributed by atoms with Gasteiger partial charge in [0.05, 0.1) is 17.9 Å². The molecular weight excluding hydrogens is 360 g/mol. The third-order valence-electron chi connectivity index (χ3n) is 4.91. The van der Waals surface area contributed by atoms with Gasteiger partial charge in [0.15, 0.2) is 0 Å². The van der Waals surface area contributed by atoms with Crippen LogP contribution in [0.25, 0.3) is 0 Å². The second-order valence-corrected chi connectivity index (χ2v) is 7.12. The van der Waals surface area contributed by atoms with Gasteiger partial charge in [-0.3, -0.25) is 14.5 Å². The number of anilines is 1. The Morgan fingerprint density at radius 2 is 1.82 bits per heavy atom. The number of piperazine rings is 1. The summed E-state index contributed by atoms with van der Waals surface area (Å²) in [5.74, 6) is -0.270. The molecule has 3 amide bonds. The highest BCUT2D eigenvalue weighted by atomic mass is 16.6. The van der Waals surface area contributed by atoms with Crippen LogP contribution in [0.2, 0.25) is 0 Å². The number of hydrogen-bond acceptors (Lipinski definition) is 5. The molecule has 0 atom stereocenters. The molecule has 8 heteroatoms. The van der Waals surface area contributed by atoms with Crippen LogP contribution in [0.4, 0.5) is 10.5 Å². The van der Waals surface area contributed by atoms with Gasteiger partial charge in [-0.05, 0) is 31.9 Å². The van der Waals surface area contributed by atoms with Gasteiger partial charge in [-0.1, -0.05) is 12.1 Å². The average molecular weight is 388 g/mol. The summed E-state index contributed by atoms with van der Waals surface area (Å²) < 4.78 is 5.01. The van der Waals surface area contributed by atoms with Crippen molar-refractivity contribution >= 4 is 23.6 Å². The number of nitrogens with one attached hydrogen (secondary N) is 2. The number of nitrogens with zero attached hydrogens (tertiary/aromatic N) is 2. The van der Waals surface area contributed by atoms with E-state index in [1.807, 2.05) is 0 Å². The smallest absolute Gasteiger partial charge is 0.409 e. The van der Waals surface area contributed by atoms with Crippen LogP contribution in [0.15, 0.2) is 24.3 Å². The second-order valence-electron chi connectivity index (χ2n) is 7.12. The van der Waals surface area contributed by atoms with Gasteiger partial charge in [0.2, 0.25) is 5.91 Å². The van der Waals surface area contributed by atoms with Crippen molar-refractivity contribution in [1.29, 1.82) is 0 Å². The van der Waals surface area contributed by atoms with Gasteiger partial charge < -0.3 is 20.3 Å².